The fraction of sp³-hybridized carbons (Fsp3) is 1.00. The summed E-state index contributed by atoms with van der Waals surface area (Å²) in [5, 5.41) is 0. The lowest BCUT2D eigenvalue weighted by molar-refractivity contribution is -0.118. The van der Waals surface area contributed by atoms with Gasteiger partial charge >= 0.3 is 0 Å². The molecular weight excluding hydrogens is 337 g/mol. The number of hydrogen-bond acceptors (Lipinski definition) is 3. The van der Waals surface area contributed by atoms with Crippen LogP contribution in [0.4, 0.5) is 4.39 Å². The lowest BCUT2D eigenvalue weighted by atomic mass is 9.64. The summed E-state index contributed by atoms with van der Waals surface area (Å²) in [6.45, 7) is 11.6. The Morgan fingerprint density at radius 3 is 2.11 bits per heavy atom. The van der Waals surface area contributed by atoms with Crippen LogP contribution in [-0.4, -0.2) is 78.8 Å². The first-order valence-electron chi connectivity index (χ1n) is 11.6. The van der Waals surface area contributed by atoms with E-state index in [-0.39, 0.29) is 0 Å². The number of piperazine rings is 1. The molecule has 0 amide bonds. The Morgan fingerprint density at radius 1 is 0.926 bits per heavy atom. The van der Waals surface area contributed by atoms with Crippen molar-refractivity contribution >= 4 is 0 Å². The molecule has 27 heavy (non-hydrogen) atoms. The summed E-state index contributed by atoms with van der Waals surface area (Å²) in [7, 11) is 2.21. The Kier molecular flexibility index (Phi) is 4.46. The van der Waals surface area contributed by atoms with Gasteiger partial charge in [0.1, 0.15) is 5.67 Å². The number of fused-ring (bicyclic) bond motifs is 2. The Balaban J connectivity index is 1.09. The van der Waals surface area contributed by atoms with Crippen LogP contribution in [0.5, 0.6) is 0 Å². The molecule has 0 aromatic carbocycles. The quantitative estimate of drug-likeness (QED) is 0.697. The lowest BCUT2D eigenvalue weighted by Gasteiger charge is -2.59. The Morgan fingerprint density at radius 2 is 1.56 bits per heavy atom. The van der Waals surface area contributed by atoms with Gasteiger partial charge in [-0.15, -0.1) is 0 Å². The van der Waals surface area contributed by atoms with Crippen LogP contribution in [0.1, 0.15) is 65.2 Å². The number of rotatable bonds is 6. The minimum Gasteiger partial charge on any atom is -0.303 e. The van der Waals surface area contributed by atoms with Gasteiger partial charge in [0, 0.05) is 51.4 Å². The average Bonchev–Trinajstić information content (AvgIpc) is 3.32. The molecule has 3 saturated heterocycles. The van der Waals surface area contributed by atoms with Crippen LogP contribution >= 0.6 is 0 Å². The third-order valence-corrected chi connectivity index (χ3v) is 8.68. The fourth-order valence-electron chi connectivity index (χ4n) is 7.14. The zero-order valence-corrected chi connectivity index (χ0v) is 17.9. The molecule has 2 unspecified atom stereocenters. The van der Waals surface area contributed by atoms with E-state index in [1.807, 2.05) is 0 Å². The van der Waals surface area contributed by atoms with E-state index < -0.39 is 5.67 Å². The van der Waals surface area contributed by atoms with Crippen LogP contribution in [0.25, 0.3) is 0 Å². The maximum absolute atomic E-state index is 15.6. The number of hydrogen-bond donors (Lipinski definition) is 0. The summed E-state index contributed by atoms with van der Waals surface area (Å²) in [5.74, 6) is 0.824. The first-order valence-corrected chi connectivity index (χ1v) is 11.6. The summed E-state index contributed by atoms with van der Waals surface area (Å²) < 4.78 is 15.6. The maximum Gasteiger partial charge on any atom is 0.123 e. The highest BCUT2D eigenvalue weighted by Crippen LogP contribution is 2.55. The lowest BCUT2D eigenvalue weighted by Crippen LogP contribution is -2.70. The smallest absolute Gasteiger partial charge is 0.123 e. The largest absolute Gasteiger partial charge is 0.303 e. The van der Waals surface area contributed by atoms with E-state index in [9.17, 15) is 0 Å². The molecule has 3 aliphatic heterocycles. The molecule has 2 atom stereocenters. The second-order valence-corrected chi connectivity index (χ2v) is 11.8. The zero-order chi connectivity index (χ0) is 18.9. The van der Waals surface area contributed by atoms with Crippen LogP contribution < -0.4 is 0 Å². The van der Waals surface area contributed by atoms with Crippen molar-refractivity contribution in [3.05, 3.63) is 0 Å². The van der Waals surface area contributed by atoms with Gasteiger partial charge in [0.25, 0.3) is 0 Å². The number of likely N-dealkylation sites (tertiary alicyclic amines) is 3. The first kappa shape index (κ1) is 18.8. The summed E-state index contributed by atoms with van der Waals surface area (Å²) in [5.41, 5.74) is 0.207. The average molecular weight is 378 g/mol. The molecule has 5 rings (SSSR count). The SMILES string of the molecule is CC(C)CC1(CN2CC3(CCC(F)(CN4C5CC4CN(C)C5)CC3)C2)CC1. The van der Waals surface area contributed by atoms with Gasteiger partial charge < -0.3 is 9.80 Å². The van der Waals surface area contributed by atoms with Gasteiger partial charge in [-0.3, -0.25) is 4.90 Å². The molecule has 0 aromatic rings. The van der Waals surface area contributed by atoms with Gasteiger partial charge in [-0.1, -0.05) is 13.8 Å². The van der Waals surface area contributed by atoms with Gasteiger partial charge in [0.15, 0.2) is 0 Å². The normalized spacial score (nSPS) is 37.2. The van der Waals surface area contributed by atoms with E-state index in [1.165, 1.54) is 45.3 Å². The van der Waals surface area contributed by atoms with Crippen molar-refractivity contribution in [3.63, 3.8) is 0 Å². The van der Waals surface area contributed by atoms with Gasteiger partial charge in [0.05, 0.1) is 0 Å². The third-order valence-electron chi connectivity index (χ3n) is 8.68. The summed E-state index contributed by atoms with van der Waals surface area (Å²) in [6.07, 6.45) is 9.45. The molecule has 0 N–H and O–H groups in total. The minimum atomic E-state index is -0.909. The van der Waals surface area contributed by atoms with E-state index in [4.69, 9.17) is 0 Å². The predicted molar refractivity (Wildman–Crippen MR) is 109 cm³/mol. The maximum atomic E-state index is 15.6. The minimum absolute atomic E-state index is 0.467. The van der Waals surface area contributed by atoms with E-state index in [2.05, 4.69) is 35.6 Å². The van der Waals surface area contributed by atoms with Gasteiger partial charge in [-0.05, 0) is 75.2 Å². The molecule has 3 heterocycles. The molecule has 0 radical (unpaired) electrons. The first-order chi connectivity index (χ1) is 12.8. The molecule has 3 nitrogen and oxygen atoms in total. The Labute approximate surface area is 165 Å². The van der Waals surface area contributed by atoms with E-state index in [0.717, 1.165) is 44.7 Å². The van der Waals surface area contributed by atoms with E-state index in [0.29, 0.717) is 29.5 Å². The molecule has 2 saturated carbocycles. The van der Waals surface area contributed by atoms with Gasteiger partial charge in [0.2, 0.25) is 0 Å². The highest BCUT2D eigenvalue weighted by Gasteiger charge is 2.54. The molecule has 5 aliphatic rings. The van der Waals surface area contributed by atoms with Crippen molar-refractivity contribution in [1.29, 1.82) is 0 Å². The van der Waals surface area contributed by atoms with Crippen molar-refractivity contribution in [2.75, 3.05) is 46.3 Å². The third kappa shape index (κ3) is 3.59. The number of halogens is 1. The van der Waals surface area contributed by atoms with Crippen molar-refractivity contribution in [1.82, 2.24) is 14.7 Å². The molecule has 5 fully saturated rings. The van der Waals surface area contributed by atoms with Crippen molar-refractivity contribution in [2.45, 2.75) is 83.0 Å². The molecule has 2 bridgehead atoms. The highest BCUT2D eigenvalue weighted by atomic mass is 19.1. The number of likely N-dealkylation sites (N-methyl/N-ethyl adjacent to an activating group) is 1. The molecule has 154 valence electrons. The number of nitrogens with zero attached hydrogens (tertiary/aromatic N) is 3. The van der Waals surface area contributed by atoms with E-state index >= 15 is 4.39 Å². The fourth-order valence-corrected chi connectivity index (χ4v) is 7.14. The van der Waals surface area contributed by atoms with Crippen LogP contribution in [0.2, 0.25) is 0 Å². The Bertz CT molecular complexity index is 544. The standard InChI is InChI=1S/C23H40FN3/c1-18(2)11-21(4-5-21)14-26-15-22(16-26)6-8-23(24,9-7-22)17-27-19-10-20(27)13-25(3)12-19/h18-20H,4-17H2,1-3H3. The summed E-state index contributed by atoms with van der Waals surface area (Å²) in [4.78, 5) is 7.63. The monoisotopic (exact) mass is 377 g/mol. The van der Waals surface area contributed by atoms with Crippen LogP contribution in [0, 0.1) is 16.7 Å². The second kappa shape index (κ2) is 6.40. The second-order valence-electron chi connectivity index (χ2n) is 11.8. The topological polar surface area (TPSA) is 9.72 Å². The summed E-state index contributed by atoms with van der Waals surface area (Å²) in [6, 6.07) is 1.26. The number of piperidine rings is 1. The van der Waals surface area contributed by atoms with Gasteiger partial charge in [-0.2, -0.15) is 0 Å². The zero-order valence-electron chi connectivity index (χ0n) is 17.9. The van der Waals surface area contributed by atoms with Crippen LogP contribution in [0.3, 0.4) is 0 Å². The molecule has 0 aromatic heterocycles. The highest BCUT2D eigenvalue weighted by molar-refractivity contribution is 5.08. The molecule has 4 heteroatoms. The van der Waals surface area contributed by atoms with Crippen molar-refractivity contribution in [3.8, 4) is 0 Å². The van der Waals surface area contributed by atoms with Gasteiger partial charge in [-0.25, -0.2) is 4.39 Å². The Hall–Kier alpha value is -0.190. The molecule has 1 spiro atoms. The predicted octanol–water partition coefficient (Wildman–Crippen LogP) is 3.79. The van der Waals surface area contributed by atoms with E-state index in [1.54, 1.807) is 0 Å². The van der Waals surface area contributed by atoms with Crippen molar-refractivity contribution in [2.24, 2.45) is 16.7 Å². The summed E-state index contributed by atoms with van der Waals surface area (Å²) >= 11 is 0. The van der Waals surface area contributed by atoms with Crippen LogP contribution in [-0.2, 0) is 0 Å². The van der Waals surface area contributed by atoms with Crippen molar-refractivity contribution < 1.29 is 4.39 Å². The molecular formula is C23H40FN3. The molecule has 2 aliphatic carbocycles. The number of alkyl halides is 1. The van der Waals surface area contributed by atoms with Crippen LogP contribution in [0.15, 0.2) is 0 Å².